The van der Waals surface area contributed by atoms with E-state index >= 15 is 0 Å². The Morgan fingerprint density at radius 1 is 0.600 bits per heavy atom. The second kappa shape index (κ2) is 15.7. The molecule has 1 rings (SSSR count). The van der Waals surface area contributed by atoms with Crippen LogP contribution in [-0.4, -0.2) is 73.7 Å². The van der Waals surface area contributed by atoms with Crippen molar-refractivity contribution in [2.75, 3.05) is 13.2 Å². The maximum atomic E-state index is 13.6. The maximum Gasteiger partial charge on any atom is 0.192 e. The van der Waals surface area contributed by atoms with Gasteiger partial charge in [-0.25, -0.2) is 0 Å². The first-order valence-corrected chi connectivity index (χ1v) is 21.9. The van der Waals surface area contributed by atoms with Gasteiger partial charge in [0.15, 0.2) is 25.0 Å². The van der Waals surface area contributed by atoms with Crippen LogP contribution in [0.4, 0.5) is 4.48 Å². The summed E-state index contributed by atoms with van der Waals surface area (Å²) in [5, 5.41) is 10.4. The molecule has 1 fully saturated rings. The lowest BCUT2D eigenvalue weighted by atomic mass is 9.95. The Labute approximate surface area is 218 Å². The zero-order valence-electron chi connectivity index (χ0n) is 24.1. The van der Waals surface area contributed by atoms with Crippen LogP contribution in [0.5, 0.6) is 0 Å². The van der Waals surface area contributed by atoms with E-state index in [1.165, 1.54) is 0 Å². The Morgan fingerprint density at radius 3 is 1.20 bits per heavy atom. The summed E-state index contributed by atoms with van der Waals surface area (Å²) < 4.78 is 41.3. The fourth-order valence-corrected chi connectivity index (χ4v) is 14.2. The van der Waals surface area contributed by atoms with Gasteiger partial charge in [0.2, 0.25) is 0 Å². The van der Waals surface area contributed by atoms with Gasteiger partial charge in [-0.1, -0.05) is 62.3 Å². The first kappa shape index (κ1) is 33.4. The number of ether oxygens (including phenoxy) is 1. The molecule has 6 nitrogen and oxygen atoms in total. The van der Waals surface area contributed by atoms with Crippen molar-refractivity contribution in [2.24, 2.45) is 0 Å². The molecule has 0 aromatic rings. The molecule has 1 aliphatic rings. The SMILES string of the molecule is CC[Si](CC)(CC)O[C@@H]1[C@@H](O[Si](CC)(CC)CC)[C@H](CNF)O[C@H](CO)[C@@H]1O[Si](CC)(CC)CC. The van der Waals surface area contributed by atoms with Crippen molar-refractivity contribution in [2.45, 2.75) is 147 Å². The lowest BCUT2D eigenvalue weighted by Crippen LogP contribution is -2.68. The van der Waals surface area contributed by atoms with Crippen LogP contribution in [-0.2, 0) is 18.0 Å². The van der Waals surface area contributed by atoms with Gasteiger partial charge in [-0.05, 0) is 54.4 Å². The molecule has 0 aromatic heterocycles. The summed E-state index contributed by atoms with van der Waals surface area (Å²) in [6.07, 6.45) is -2.32. The third kappa shape index (κ3) is 7.92. The van der Waals surface area contributed by atoms with Crippen molar-refractivity contribution in [3.8, 4) is 0 Å². The van der Waals surface area contributed by atoms with E-state index in [1.807, 2.05) is 5.54 Å². The van der Waals surface area contributed by atoms with Gasteiger partial charge in [0.1, 0.15) is 30.5 Å². The third-order valence-electron chi connectivity index (χ3n) is 9.15. The first-order chi connectivity index (χ1) is 16.7. The molecule has 5 atom stereocenters. The molecule has 1 aliphatic heterocycles. The van der Waals surface area contributed by atoms with Gasteiger partial charge < -0.3 is 23.1 Å². The number of hydrogen-bond acceptors (Lipinski definition) is 6. The topological polar surface area (TPSA) is 69.2 Å². The van der Waals surface area contributed by atoms with Gasteiger partial charge in [-0.3, -0.25) is 0 Å². The van der Waals surface area contributed by atoms with Crippen LogP contribution in [0.3, 0.4) is 0 Å². The van der Waals surface area contributed by atoms with Crippen LogP contribution in [0.15, 0.2) is 0 Å². The lowest BCUT2D eigenvalue weighted by molar-refractivity contribution is -0.216. The number of hydrogen-bond donors (Lipinski definition) is 2. The molecule has 10 heteroatoms. The van der Waals surface area contributed by atoms with Gasteiger partial charge in [0, 0.05) is 0 Å². The first-order valence-electron chi connectivity index (χ1n) is 14.3. The normalized spacial score (nSPS) is 26.3. The summed E-state index contributed by atoms with van der Waals surface area (Å²) in [7, 11) is -6.20. The van der Waals surface area contributed by atoms with Gasteiger partial charge in [0.25, 0.3) is 0 Å². The monoisotopic (exact) mass is 553 g/mol. The number of aliphatic hydroxyl groups excluding tert-OH is 1. The van der Waals surface area contributed by atoms with Gasteiger partial charge >= 0.3 is 0 Å². The predicted molar refractivity (Wildman–Crippen MR) is 151 cm³/mol. The highest BCUT2D eigenvalue weighted by atomic mass is 28.4. The van der Waals surface area contributed by atoms with Crippen molar-refractivity contribution < 1.29 is 27.6 Å². The van der Waals surface area contributed by atoms with E-state index in [9.17, 15) is 9.59 Å². The smallest absolute Gasteiger partial charge is 0.192 e. The molecular weight excluding hydrogens is 498 g/mol. The van der Waals surface area contributed by atoms with Crippen LogP contribution < -0.4 is 5.54 Å². The molecule has 0 aromatic carbocycles. The summed E-state index contributed by atoms with van der Waals surface area (Å²) >= 11 is 0. The average Bonchev–Trinajstić information content (AvgIpc) is 2.91. The second-order valence-electron chi connectivity index (χ2n) is 10.2. The zero-order chi connectivity index (χ0) is 26.7. The van der Waals surface area contributed by atoms with Crippen LogP contribution in [0, 0.1) is 0 Å². The fraction of sp³-hybridized carbons (Fsp3) is 1.00. The summed E-state index contributed by atoms with van der Waals surface area (Å²) in [4.78, 5) is 0. The minimum atomic E-state index is -2.08. The number of nitrogens with one attached hydrogen (secondary N) is 1. The number of halogens is 1. The van der Waals surface area contributed by atoms with Gasteiger partial charge in [0.05, 0.1) is 13.2 Å². The molecule has 0 aliphatic carbocycles. The molecule has 0 saturated carbocycles. The highest BCUT2D eigenvalue weighted by molar-refractivity contribution is 6.74. The largest absolute Gasteiger partial charge is 0.409 e. The van der Waals surface area contributed by atoms with E-state index in [4.69, 9.17) is 18.0 Å². The molecule has 210 valence electrons. The number of rotatable bonds is 18. The molecule has 0 unspecified atom stereocenters. The zero-order valence-corrected chi connectivity index (χ0v) is 27.1. The third-order valence-corrected chi connectivity index (χ3v) is 23.1. The molecule has 0 bridgehead atoms. The summed E-state index contributed by atoms with van der Waals surface area (Å²) in [6.45, 7) is 19.7. The van der Waals surface area contributed by atoms with E-state index in [1.54, 1.807) is 0 Å². The highest BCUT2D eigenvalue weighted by Gasteiger charge is 2.53. The fourth-order valence-electron chi connectivity index (χ4n) is 5.66. The molecule has 1 heterocycles. The molecule has 0 amide bonds. The number of aliphatic hydroxyl groups is 1. The van der Waals surface area contributed by atoms with E-state index in [0.717, 1.165) is 54.4 Å². The Morgan fingerprint density at radius 2 is 0.914 bits per heavy atom. The van der Waals surface area contributed by atoms with E-state index < -0.39 is 49.4 Å². The minimum Gasteiger partial charge on any atom is -0.409 e. The van der Waals surface area contributed by atoms with Crippen molar-refractivity contribution in [3.05, 3.63) is 0 Å². The van der Waals surface area contributed by atoms with Gasteiger partial charge in [-0.2, -0.15) is 5.54 Å². The highest BCUT2D eigenvalue weighted by Crippen LogP contribution is 2.39. The predicted octanol–water partition coefficient (Wildman–Crippen LogP) is 6.39. The average molecular weight is 554 g/mol. The Balaban J connectivity index is 3.68. The van der Waals surface area contributed by atoms with Crippen LogP contribution in [0.2, 0.25) is 54.4 Å². The minimum absolute atomic E-state index is 0.00616. The van der Waals surface area contributed by atoms with Crippen molar-refractivity contribution in [1.29, 1.82) is 0 Å². The Bertz CT molecular complexity index is 555. The lowest BCUT2D eigenvalue weighted by Gasteiger charge is -2.53. The molecule has 1 saturated heterocycles. The second-order valence-corrected chi connectivity index (χ2v) is 24.4. The summed E-state index contributed by atoms with van der Waals surface area (Å²) in [5.74, 6) is 0. The van der Waals surface area contributed by atoms with Crippen LogP contribution >= 0.6 is 0 Å². The molecule has 0 radical (unpaired) electrons. The van der Waals surface area contributed by atoms with E-state index in [2.05, 4.69) is 62.3 Å². The Kier molecular flexibility index (Phi) is 14.9. The molecule has 35 heavy (non-hydrogen) atoms. The quantitative estimate of drug-likeness (QED) is 0.151. The summed E-state index contributed by atoms with van der Waals surface area (Å²) in [6, 6.07) is 8.97. The van der Waals surface area contributed by atoms with E-state index in [-0.39, 0.29) is 19.3 Å². The van der Waals surface area contributed by atoms with Gasteiger partial charge in [-0.15, -0.1) is 4.48 Å². The van der Waals surface area contributed by atoms with E-state index in [0.29, 0.717) is 0 Å². The maximum absolute atomic E-state index is 13.6. The summed E-state index contributed by atoms with van der Waals surface area (Å²) in [5.41, 5.74) is 1.83. The van der Waals surface area contributed by atoms with Crippen LogP contribution in [0.25, 0.3) is 0 Å². The van der Waals surface area contributed by atoms with Crippen LogP contribution in [0.1, 0.15) is 62.3 Å². The Hall–Kier alpha value is 0.341. The van der Waals surface area contributed by atoms with Crippen molar-refractivity contribution in [1.82, 2.24) is 5.54 Å². The van der Waals surface area contributed by atoms with Crippen molar-refractivity contribution >= 4 is 25.0 Å². The standard InChI is InChI=1S/C25H56FNO5Si3/c1-10-33(11-2,12-3)30-23-21(19-27-26)29-22(20-28)24(31-34(13-4,14-5)15-6)25(23)32-35(16-7,17-8)18-9/h21-25,27-28H,10-20H2,1-9H3/t21-,22+,23-,24-,25+/m0/s1. The van der Waals surface area contributed by atoms with Crippen molar-refractivity contribution in [3.63, 3.8) is 0 Å². The molecular formula is C25H56FNO5Si3. The molecule has 2 N–H and O–H groups in total. The molecule has 0 spiro atoms.